The maximum absolute atomic E-state index is 11.2. The van der Waals surface area contributed by atoms with Gasteiger partial charge in [0.15, 0.2) is 0 Å². The summed E-state index contributed by atoms with van der Waals surface area (Å²) in [6.45, 7) is 6.63. The molecule has 1 heterocycles. The summed E-state index contributed by atoms with van der Waals surface area (Å²) in [7, 11) is 0. The lowest BCUT2D eigenvalue weighted by Crippen LogP contribution is -2.05. The van der Waals surface area contributed by atoms with Crippen LogP contribution in [0.1, 0.15) is 56.4 Å². The van der Waals surface area contributed by atoms with Crippen molar-refractivity contribution in [1.82, 2.24) is 9.55 Å². The van der Waals surface area contributed by atoms with Crippen molar-refractivity contribution >= 4 is 17.0 Å². The zero-order chi connectivity index (χ0) is 14.7. The van der Waals surface area contributed by atoms with E-state index < -0.39 is 5.97 Å². The van der Waals surface area contributed by atoms with Gasteiger partial charge in [-0.3, -0.25) is 0 Å². The number of imidazole rings is 1. The van der Waals surface area contributed by atoms with E-state index in [1.54, 1.807) is 18.5 Å². The number of hydrogen-bond donors (Lipinski definition) is 1. The molecule has 4 heteroatoms. The van der Waals surface area contributed by atoms with Crippen molar-refractivity contribution in [2.24, 2.45) is 5.92 Å². The molecule has 108 valence electrons. The summed E-state index contributed by atoms with van der Waals surface area (Å²) in [6.07, 6.45) is 5.24. The zero-order valence-corrected chi connectivity index (χ0v) is 12.3. The number of benzene rings is 1. The van der Waals surface area contributed by atoms with Crippen molar-refractivity contribution in [3.05, 3.63) is 30.1 Å². The molecule has 2 rings (SSSR count). The van der Waals surface area contributed by atoms with Crippen LogP contribution in [0.25, 0.3) is 11.0 Å². The Morgan fingerprint density at radius 3 is 2.70 bits per heavy atom. The number of aromatic carboxylic acids is 1. The average Bonchev–Trinajstić information content (AvgIpc) is 2.81. The van der Waals surface area contributed by atoms with Crippen LogP contribution < -0.4 is 0 Å². The van der Waals surface area contributed by atoms with Gasteiger partial charge >= 0.3 is 5.97 Å². The first-order valence-electron chi connectivity index (χ1n) is 7.19. The van der Waals surface area contributed by atoms with Gasteiger partial charge in [-0.1, -0.05) is 32.8 Å². The van der Waals surface area contributed by atoms with E-state index >= 15 is 0 Å². The lowest BCUT2D eigenvalue weighted by molar-refractivity contribution is 0.0699. The third-order valence-electron chi connectivity index (χ3n) is 3.71. The molecule has 0 saturated carbocycles. The van der Waals surface area contributed by atoms with E-state index in [4.69, 9.17) is 0 Å². The van der Waals surface area contributed by atoms with Crippen LogP contribution in [0.15, 0.2) is 24.5 Å². The number of para-hydroxylation sites is 1. The van der Waals surface area contributed by atoms with Crippen LogP contribution in [-0.2, 0) is 0 Å². The fourth-order valence-electron chi connectivity index (χ4n) is 2.54. The molecule has 1 aromatic carbocycles. The number of aromatic nitrogens is 2. The fourth-order valence-corrected chi connectivity index (χ4v) is 2.54. The SMILES string of the molecule is CC(C)CCCC(C)n1cnc2c(C(=O)O)cccc21. The summed E-state index contributed by atoms with van der Waals surface area (Å²) in [5.74, 6) is -0.200. The summed E-state index contributed by atoms with van der Waals surface area (Å²) >= 11 is 0. The molecule has 0 aliphatic heterocycles. The maximum Gasteiger partial charge on any atom is 0.337 e. The molecular weight excluding hydrogens is 252 g/mol. The van der Waals surface area contributed by atoms with Gasteiger partial charge in [0.1, 0.15) is 5.52 Å². The van der Waals surface area contributed by atoms with Crippen molar-refractivity contribution in [2.75, 3.05) is 0 Å². The van der Waals surface area contributed by atoms with Gasteiger partial charge in [0.05, 0.1) is 17.4 Å². The molecule has 1 N–H and O–H groups in total. The van der Waals surface area contributed by atoms with Gasteiger partial charge in [0, 0.05) is 6.04 Å². The second-order valence-electron chi connectivity index (χ2n) is 5.80. The number of carbonyl (C=O) groups is 1. The van der Waals surface area contributed by atoms with Gasteiger partial charge in [-0.2, -0.15) is 0 Å². The predicted molar refractivity (Wildman–Crippen MR) is 80.1 cm³/mol. The molecule has 0 saturated heterocycles. The molecule has 0 amide bonds. The molecular formula is C16H22N2O2. The van der Waals surface area contributed by atoms with Gasteiger partial charge in [-0.05, 0) is 31.4 Å². The molecule has 0 aliphatic carbocycles. The summed E-state index contributed by atoms with van der Waals surface area (Å²) in [5.41, 5.74) is 1.76. The molecule has 0 bridgehead atoms. The third-order valence-corrected chi connectivity index (χ3v) is 3.71. The second kappa shape index (κ2) is 6.07. The van der Waals surface area contributed by atoms with Crippen LogP contribution >= 0.6 is 0 Å². The first-order valence-corrected chi connectivity index (χ1v) is 7.19. The van der Waals surface area contributed by atoms with Crippen molar-refractivity contribution in [3.8, 4) is 0 Å². The maximum atomic E-state index is 11.2. The fraction of sp³-hybridized carbons (Fsp3) is 0.500. The summed E-state index contributed by atoms with van der Waals surface area (Å²) in [5, 5.41) is 9.18. The Labute approximate surface area is 119 Å². The zero-order valence-electron chi connectivity index (χ0n) is 12.3. The smallest absolute Gasteiger partial charge is 0.337 e. The second-order valence-corrected chi connectivity index (χ2v) is 5.80. The molecule has 20 heavy (non-hydrogen) atoms. The number of rotatable bonds is 6. The molecule has 2 aromatic rings. The molecule has 4 nitrogen and oxygen atoms in total. The van der Waals surface area contributed by atoms with Crippen molar-refractivity contribution in [1.29, 1.82) is 0 Å². The summed E-state index contributed by atoms with van der Waals surface area (Å²) in [4.78, 5) is 15.5. The lowest BCUT2D eigenvalue weighted by atomic mass is 10.0. The van der Waals surface area contributed by atoms with Crippen LogP contribution in [-0.4, -0.2) is 20.6 Å². The van der Waals surface area contributed by atoms with Crippen LogP contribution in [0.2, 0.25) is 0 Å². The topological polar surface area (TPSA) is 55.1 Å². The normalized spacial score (nSPS) is 13.0. The van der Waals surface area contributed by atoms with E-state index in [0.717, 1.165) is 17.9 Å². The molecule has 1 aromatic heterocycles. The minimum absolute atomic E-state index is 0.274. The summed E-state index contributed by atoms with van der Waals surface area (Å²) in [6, 6.07) is 5.66. The molecule has 1 unspecified atom stereocenters. The lowest BCUT2D eigenvalue weighted by Gasteiger charge is -2.15. The monoisotopic (exact) mass is 274 g/mol. The predicted octanol–water partition coefficient (Wildman–Crippen LogP) is 4.12. The standard InChI is InChI=1S/C16H22N2O2/c1-11(2)6-4-7-12(3)18-10-17-15-13(16(19)20)8-5-9-14(15)18/h5,8-12H,4,6-7H2,1-3H3,(H,19,20). The summed E-state index contributed by atoms with van der Waals surface area (Å²) < 4.78 is 2.09. The number of nitrogens with zero attached hydrogens (tertiary/aromatic N) is 2. The quantitative estimate of drug-likeness (QED) is 0.862. The molecule has 0 aliphatic rings. The molecule has 0 fully saturated rings. The Kier molecular flexibility index (Phi) is 4.42. The number of carboxylic acids is 1. The Morgan fingerprint density at radius 1 is 1.30 bits per heavy atom. The van der Waals surface area contributed by atoms with Gasteiger partial charge in [0.2, 0.25) is 0 Å². The first-order chi connectivity index (χ1) is 9.50. The Hall–Kier alpha value is -1.84. The van der Waals surface area contributed by atoms with Crippen LogP contribution in [0.3, 0.4) is 0 Å². The van der Waals surface area contributed by atoms with Crippen LogP contribution in [0.4, 0.5) is 0 Å². The van der Waals surface area contributed by atoms with E-state index in [1.165, 1.54) is 12.8 Å². The van der Waals surface area contributed by atoms with Gasteiger partial charge < -0.3 is 9.67 Å². The highest BCUT2D eigenvalue weighted by atomic mass is 16.4. The minimum atomic E-state index is -0.923. The van der Waals surface area contributed by atoms with Gasteiger partial charge in [-0.15, -0.1) is 0 Å². The number of fused-ring (bicyclic) bond motifs is 1. The van der Waals surface area contributed by atoms with Gasteiger partial charge in [0.25, 0.3) is 0 Å². The Bertz CT molecular complexity index is 602. The van der Waals surface area contributed by atoms with Crippen molar-refractivity contribution < 1.29 is 9.90 Å². The van der Waals surface area contributed by atoms with E-state index in [0.29, 0.717) is 11.6 Å². The first kappa shape index (κ1) is 14.6. The average molecular weight is 274 g/mol. The Balaban J connectivity index is 2.23. The number of hydrogen-bond acceptors (Lipinski definition) is 2. The molecule has 0 radical (unpaired) electrons. The Morgan fingerprint density at radius 2 is 2.05 bits per heavy atom. The van der Waals surface area contributed by atoms with Crippen LogP contribution in [0.5, 0.6) is 0 Å². The highest BCUT2D eigenvalue weighted by molar-refractivity contribution is 6.00. The van der Waals surface area contributed by atoms with E-state index in [9.17, 15) is 9.90 Å². The van der Waals surface area contributed by atoms with Crippen molar-refractivity contribution in [3.63, 3.8) is 0 Å². The highest BCUT2D eigenvalue weighted by Gasteiger charge is 2.15. The third kappa shape index (κ3) is 3.00. The highest BCUT2D eigenvalue weighted by Crippen LogP contribution is 2.24. The molecule has 0 spiro atoms. The van der Waals surface area contributed by atoms with Crippen molar-refractivity contribution in [2.45, 2.75) is 46.1 Å². The minimum Gasteiger partial charge on any atom is -0.478 e. The van der Waals surface area contributed by atoms with E-state index in [2.05, 4.69) is 30.3 Å². The largest absolute Gasteiger partial charge is 0.478 e. The van der Waals surface area contributed by atoms with E-state index in [1.807, 2.05) is 6.07 Å². The van der Waals surface area contributed by atoms with Gasteiger partial charge in [-0.25, -0.2) is 9.78 Å². The number of carboxylic acid groups (broad SMARTS) is 1. The van der Waals surface area contributed by atoms with Crippen LogP contribution in [0, 0.1) is 5.92 Å². The molecule has 1 atom stereocenters. The van der Waals surface area contributed by atoms with E-state index in [-0.39, 0.29) is 5.56 Å².